The van der Waals surface area contributed by atoms with Crippen LogP contribution in [-0.2, 0) is 21.4 Å². The molecule has 37 heavy (non-hydrogen) atoms. The van der Waals surface area contributed by atoms with Gasteiger partial charge in [-0.3, -0.25) is 4.79 Å². The lowest BCUT2D eigenvalue weighted by Gasteiger charge is -2.22. The van der Waals surface area contributed by atoms with E-state index in [1.54, 1.807) is 30.3 Å². The van der Waals surface area contributed by atoms with E-state index in [0.717, 1.165) is 5.56 Å². The summed E-state index contributed by atoms with van der Waals surface area (Å²) in [6.45, 7) is 0.473. The van der Waals surface area contributed by atoms with Crippen LogP contribution in [0.3, 0.4) is 0 Å². The van der Waals surface area contributed by atoms with Gasteiger partial charge in [0.05, 0.1) is 18.2 Å². The molecule has 11 heteroatoms. The first-order valence-electron chi connectivity index (χ1n) is 11.4. The Labute approximate surface area is 219 Å². The van der Waals surface area contributed by atoms with Crippen LogP contribution >= 0.6 is 11.6 Å². The Morgan fingerprint density at radius 3 is 2.57 bits per heavy atom. The fourth-order valence-corrected chi connectivity index (χ4v) is 5.68. The molecule has 1 fully saturated rings. The molecule has 194 valence electrons. The molecule has 1 atom stereocenters. The van der Waals surface area contributed by atoms with Crippen LogP contribution in [-0.4, -0.2) is 44.5 Å². The molecule has 1 heterocycles. The molecule has 0 radical (unpaired) electrons. The number of carbonyl (C=O) groups excluding carboxylic acids is 1. The van der Waals surface area contributed by atoms with Crippen molar-refractivity contribution in [3.63, 3.8) is 0 Å². The van der Waals surface area contributed by atoms with Crippen LogP contribution in [0, 0.1) is 5.82 Å². The number of hydrogen-bond donors (Lipinski definition) is 1. The Balaban J connectivity index is 1.38. The van der Waals surface area contributed by atoms with Crippen LogP contribution < -0.4 is 14.9 Å². The number of hydrazone groups is 1. The number of nitrogens with one attached hydrogen (secondary N) is 1. The van der Waals surface area contributed by atoms with E-state index in [9.17, 15) is 17.6 Å². The molecule has 1 N–H and O–H groups in total. The van der Waals surface area contributed by atoms with Crippen LogP contribution in [0.15, 0.2) is 76.7 Å². The molecule has 1 saturated heterocycles. The summed E-state index contributed by atoms with van der Waals surface area (Å²) in [5.41, 5.74) is 3.87. The Morgan fingerprint density at radius 1 is 1.14 bits per heavy atom. The average molecular weight is 546 g/mol. The van der Waals surface area contributed by atoms with Crippen molar-refractivity contribution in [3.8, 4) is 11.5 Å². The predicted octanol–water partition coefficient (Wildman–Crippen LogP) is 4.37. The van der Waals surface area contributed by atoms with Crippen molar-refractivity contribution < 1.29 is 27.1 Å². The van der Waals surface area contributed by atoms with Crippen molar-refractivity contribution in [1.82, 2.24) is 9.73 Å². The van der Waals surface area contributed by atoms with Gasteiger partial charge in [-0.2, -0.15) is 9.41 Å². The molecule has 3 aromatic carbocycles. The number of rotatable bonds is 9. The van der Waals surface area contributed by atoms with Gasteiger partial charge in [0.25, 0.3) is 5.91 Å². The van der Waals surface area contributed by atoms with Crippen molar-refractivity contribution in [1.29, 1.82) is 0 Å². The maximum Gasteiger partial charge on any atom is 0.258 e. The quantitative estimate of drug-likeness (QED) is 0.318. The summed E-state index contributed by atoms with van der Waals surface area (Å²) in [4.78, 5) is 12.9. The molecule has 1 aliphatic rings. The second-order valence-corrected chi connectivity index (χ2v) is 10.6. The van der Waals surface area contributed by atoms with E-state index in [1.807, 2.05) is 0 Å². The fourth-order valence-electron chi connectivity index (χ4n) is 3.90. The van der Waals surface area contributed by atoms with Gasteiger partial charge in [0.15, 0.2) is 11.5 Å². The molecule has 0 aromatic heterocycles. The highest BCUT2D eigenvalue weighted by molar-refractivity contribution is 7.89. The summed E-state index contributed by atoms with van der Waals surface area (Å²) >= 11 is 5.87. The standard InChI is InChI=1S/C26H25ClFN3O5S/c1-35-25-15-19(6-13-24(25)36-17-18-4-9-21(28)10-5-18)16-29-30-26(32)23-3-2-14-31(23)37(33,34)22-11-7-20(27)8-12-22/h4-13,15-16,23H,2-3,14,17H2,1H3,(H,30,32)/b29-16-/t23-/m0/s1. The number of sulfonamides is 1. The van der Waals surface area contributed by atoms with Crippen LogP contribution in [0.4, 0.5) is 4.39 Å². The molecule has 8 nitrogen and oxygen atoms in total. The summed E-state index contributed by atoms with van der Waals surface area (Å²) in [5.74, 6) is 0.105. The third-order valence-electron chi connectivity index (χ3n) is 5.81. The van der Waals surface area contributed by atoms with Crippen LogP contribution in [0.5, 0.6) is 11.5 Å². The van der Waals surface area contributed by atoms with Gasteiger partial charge >= 0.3 is 0 Å². The predicted molar refractivity (Wildman–Crippen MR) is 138 cm³/mol. The first-order chi connectivity index (χ1) is 17.8. The molecule has 0 bridgehead atoms. The number of halogens is 2. The SMILES string of the molecule is COc1cc(/C=N\NC(=O)[C@@H]2CCCN2S(=O)(=O)c2ccc(Cl)cc2)ccc1OCc1ccc(F)cc1. The highest BCUT2D eigenvalue weighted by Crippen LogP contribution is 2.29. The van der Waals surface area contributed by atoms with Crippen molar-refractivity contribution in [2.45, 2.75) is 30.4 Å². The van der Waals surface area contributed by atoms with Gasteiger partial charge in [0, 0.05) is 11.6 Å². The molecule has 0 saturated carbocycles. The average Bonchev–Trinajstić information content (AvgIpc) is 3.40. The lowest BCUT2D eigenvalue weighted by atomic mass is 10.2. The van der Waals surface area contributed by atoms with Crippen molar-refractivity contribution >= 4 is 33.7 Å². The van der Waals surface area contributed by atoms with Gasteiger partial charge in [-0.1, -0.05) is 23.7 Å². The molecule has 1 amide bonds. The first kappa shape index (κ1) is 26.6. The van der Waals surface area contributed by atoms with Gasteiger partial charge in [0.1, 0.15) is 18.5 Å². The molecule has 0 aliphatic carbocycles. The highest BCUT2D eigenvalue weighted by Gasteiger charge is 2.39. The number of nitrogens with zero attached hydrogens (tertiary/aromatic N) is 2. The van der Waals surface area contributed by atoms with E-state index >= 15 is 0 Å². The lowest BCUT2D eigenvalue weighted by molar-refractivity contribution is -0.124. The van der Waals surface area contributed by atoms with Crippen LogP contribution in [0.2, 0.25) is 5.02 Å². The van der Waals surface area contributed by atoms with E-state index in [2.05, 4.69) is 10.5 Å². The largest absolute Gasteiger partial charge is 0.493 e. The minimum absolute atomic E-state index is 0.0777. The topological polar surface area (TPSA) is 97.3 Å². The minimum Gasteiger partial charge on any atom is -0.493 e. The number of ether oxygens (including phenoxy) is 2. The zero-order valence-electron chi connectivity index (χ0n) is 19.9. The Bertz CT molecular complexity index is 1380. The lowest BCUT2D eigenvalue weighted by Crippen LogP contribution is -2.44. The van der Waals surface area contributed by atoms with Crippen molar-refractivity contribution in [2.75, 3.05) is 13.7 Å². The number of benzene rings is 3. The van der Waals surface area contributed by atoms with Gasteiger partial charge in [0.2, 0.25) is 10.0 Å². The normalized spacial score (nSPS) is 16.1. The minimum atomic E-state index is -3.86. The molecule has 0 spiro atoms. The molecule has 3 aromatic rings. The molecular weight excluding hydrogens is 521 g/mol. The summed E-state index contributed by atoms with van der Waals surface area (Å²) in [7, 11) is -2.36. The summed E-state index contributed by atoms with van der Waals surface area (Å²) < 4.78 is 51.5. The molecular formula is C26H25ClFN3O5S. The second-order valence-electron chi connectivity index (χ2n) is 8.29. The van der Waals surface area contributed by atoms with Crippen LogP contribution in [0.25, 0.3) is 0 Å². The maximum absolute atomic E-state index is 13.1. The van der Waals surface area contributed by atoms with Crippen LogP contribution in [0.1, 0.15) is 24.0 Å². The highest BCUT2D eigenvalue weighted by atomic mass is 35.5. The summed E-state index contributed by atoms with van der Waals surface area (Å²) in [5, 5.41) is 4.42. The fraction of sp³-hybridized carbons (Fsp3) is 0.231. The first-order valence-corrected chi connectivity index (χ1v) is 13.3. The van der Waals surface area contributed by atoms with E-state index in [-0.39, 0.29) is 23.9 Å². The number of methoxy groups -OCH3 is 1. The zero-order chi connectivity index (χ0) is 26.4. The second kappa shape index (κ2) is 11.7. The molecule has 1 aliphatic heterocycles. The van der Waals surface area contributed by atoms with E-state index in [1.165, 1.54) is 54.0 Å². The van der Waals surface area contributed by atoms with Gasteiger partial charge in [-0.05, 0) is 78.6 Å². The van der Waals surface area contributed by atoms with Gasteiger partial charge in [-0.15, -0.1) is 0 Å². The number of carbonyl (C=O) groups is 1. The molecule has 0 unspecified atom stereocenters. The van der Waals surface area contributed by atoms with E-state index in [0.29, 0.717) is 34.9 Å². The van der Waals surface area contributed by atoms with E-state index in [4.69, 9.17) is 21.1 Å². The van der Waals surface area contributed by atoms with Crippen molar-refractivity contribution in [2.24, 2.45) is 5.10 Å². The summed E-state index contributed by atoms with van der Waals surface area (Å²) in [6.07, 6.45) is 2.38. The Hall–Kier alpha value is -3.47. The molecule has 4 rings (SSSR count). The smallest absolute Gasteiger partial charge is 0.258 e. The van der Waals surface area contributed by atoms with E-state index < -0.39 is 22.0 Å². The monoisotopic (exact) mass is 545 g/mol. The Kier molecular flexibility index (Phi) is 8.42. The number of amides is 1. The van der Waals surface area contributed by atoms with Crippen molar-refractivity contribution in [3.05, 3.63) is 88.7 Å². The number of hydrogen-bond acceptors (Lipinski definition) is 6. The van der Waals surface area contributed by atoms with Gasteiger partial charge < -0.3 is 9.47 Å². The third-order valence-corrected chi connectivity index (χ3v) is 7.98. The van der Waals surface area contributed by atoms with Gasteiger partial charge in [-0.25, -0.2) is 18.2 Å². The summed E-state index contributed by atoms with van der Waals surface area (Å²) in [6, 6.07) is 16.1. The third kappa shape index (κ3) is 6.46. The zero-order valence-corrected chi connectivity index (χ0v) is 21.5. The Morgan fingerprint density at radius 2 is 1.86 bits per heavy atom. The maximum atomic E-state index is 13.1.